The fourth-order valence-electron chi connectivity index (χ4n) is 3.56. The highest BCUT2D eigenvalue weighted by Crippen LogP contribution is 2.25. The first-order valence-corrected chi connectivity index (χ1v) is 10.7. The Hall–Kier alpha value is -2.90. The van der Waals surface area contributed by atoms with E-state index < -0.39 is 0 Å². The summed E-state index contributed by atoms with van der Waals surface area (Å²) in [6.45, 7) is 4.61. The number of nitrogens with one attached hydrogen (secondary N) is 1. The van der Waals surface area contributed by atoms with Crippen molar-refractivity contribution in [2.75, 3.05) is 11.9 Å². The van der Waals surface area contributed by atoms with Crippen LogP contribution in [0.4, 0.5) is 5.95 Å². The molecule has 1 aliphatic heterocycles. The molecule has 1 aromatic carbocycles. The number of fused-ring (bicyclic) bond motifs is 1. The Bertz CT molecular complexity index is 1190. The Labute approximate surface area is 189 Å². The minimum absolute atomic E-state index is 0.0653. The van der Waals surface area contributed by atoms with E-state index in [1.165, 1.54) is 0 Å². The van der Waals surface area contributed by atoms with Crippen molar-refractivity contribution in [3.8, 4) is 5.69 Å². The van der Waals surface area contributed by atoms with Crippen molar-refractivity contribution in [1.29, 1.82) is 0 Å². The predicted molar refractivity (Wildman–Crippen MR) is 121 cm³/mol. The molecule has 4 rings (SSSR count). The Kier molecular flexibility index (Phi) is 5.98. The zero-order chi connectivity index (χ0) is 22.1. The normalized spacial score (nSPS) is 13.3. The molecule has 0 atom stereocenters. The summed E-state index contributed by atoms with van der Waals surface area (Å²) in [4.78, 5) is 36.8. The Morgan fingerprint density at radius 3 is 2.55 bits per heavy atom. The van der Waals surface area contributed by atoms with Gasteiger partial charge in [0.2, 0.25) is 5.95 Å². The number of carbonyl (C=O) groups is 1. The van der Waals surface area contributed by atoms with Crippen LogP contribution in [0.3, 0.4) is 0 Å². The van der Waals surface area contributed by atoms with Crippen LogP contribution in [0.15, 0.2) is 47.5 Å². The summed E-state index contributed by atoms with van der Waals surface area (Å²) in [5, 5.41) is 3.97. The van der Waals surface area contributed by atoms with Gasteiger partial charge in [-0.3, -0.25) is 14.6 Å². The van der Waals surface area contributed by atoms with Gasteiger partial charge >= 0.3 is 0 Å². The van der Waals surface area contributed by atoms with Gasteiger partial charge in [-0.2, -0.15) is 0 Å². The zero-order valence-electron chi connectivity index (χ0n) is 17.1. The molecule has 160 valence electrons. The van der Waals surface area contributed by atoms with Crippen molar-refractivity contribution in [3.63, 3.8) is 0 Å². The molecular weight excluding hydrogens is 437 g/mol. The van der Waals surface area contributed by atoms with Gasteiger partial charge in [0.15, 0.2) is 0 Å². The van der Waals surface area contributed by atoms with Crippen molar-refractivity contribution < 1.29 is 4.79 Å². The second-order valence-corrected chi connectivity index (χ2v) is 8.43. The maximum atomic E-state index is 13.4. The van der Waals surface area contributed by atoms with Gasteiger partial charge in [0.1, 0.15) is 0 Å². The van der Waals surface area contributed by atoms with Crippen LogP contribution in [0, 0.1) is 0 Å². The average molecular weight is 458 g/mol. The van der Waals surface area contributed by atoms with E-state index in [0.717, 1.165) is 0 Å². The van der Waals surface area contributed by atoms with Crippen LogP contribution in [0.2, 0.25) is 10.0 Å². The topological polar surface area (TPSA) is 80.1 Å². The van der Waals surface area contributed by atoms with E-state index in [1.807, 2.05) is 13.8 Å². The first-order chi connectivity index (χ1) is 14.8. The van der Waals surface area contributed by atoms with E-state index in [2.05, 4.69) is 10.3 Å². The number of hydrogen-bond acceptors (Lipinski definition) is 5. The smallest absolute Gasteiger partial charge is 0.263 e. The summed E-state index contributed by atoms with van der Waals surface area (Å²) in [7, 11) is 0. The van der Waals surface area contributed by atoms with Gasteiger partial charge in [0.25, 0.3) is 11.5 Å². The summed E-state index contributed by atoms with van der Waals surface area (Å²) in [6, 6.07) is 8.41. The Morgan fingerprint density at radius 2 is 1.87 bits per heavy atom. The number of rotatable bonds is 4. The van der Waals surface area contributed by atoms with Gasteiger partial charge in [-0.1, -0.05) is 23.2 Å². The summed E-state index contributed by atoms with van der Waals surface area (Å²) < 4.78 is 1.57. The maximum absolute atomic E-state index is 13.4. The number of amides is 1. The van der Waals surface area contributed by atoms with Gasteiger partial charge in [-0.05, 0) is 50.6 Å². The molecule has 1 N–H and O–H groups in total. The fourth-order valence-corrected chi connectivity index (χ4v) is 3.86. The number of halogens is 2. The molecule has 9 heteroatoms. The molecular formula is C22H21Cl2N5O2. The lowest BCUT2D eigenvalue weighted by molar-refractivity contribution is 0.0731. The van der Waals surface area contributed by atoms with Crippen molar-refractivity contribution in [1.82, 2.24) is 19.4 Å². The number of benzene rings is 1. The monoisotopic (exact) mass is 457 g/mol. The third kappa shape index (κ3) is 4.29. The molecule has 0 unspecified atom stereocenters. The molecule has 7 nitrogen and oxygen atoms in total. The van der Waals surface area contributed by atoms with E-state index in [9.17, 15) is 9.59 Å². The van der Waals surface area contributed by atoms with Crippen molar-refractivity contribution >= 4 is 35.1 Å². The van der Waals surface area contributed by atoms with Crippen LogP contribution in [-0.4, -0.2) is 37.9 Å². The maximum Gasteiger partial charge on any atom is 0.263 e. The molecule has 3 heterocycles. The molecule has 31 heavy (non-hydrogen) atoms. The largest absolute Gasteiger partial charge is 0.353 e. The van der Waals surface area contributed by atoms with E-state index >= 15 is 0 Å². The lowest BCUT2D eigenvalue weighted by Crippen LogP contribution is -2.41. The van der Waals surface area contributed by atoms with Gasteiger partial charge in [-0.15, -0.1) is 0 Å². The minimum atomic E-state index is -0.178. The standard InChI is InChI=1S/C22H21Cl2N5O2/c1-13(2)26-22-27-19-12-28(20(30)14-3-4-17(23)18(24)11-14)10-7-16(19)21(31)29(22)15-5-8-25-9-6-15/h3-6,8-9,11,13H,7,10,12H2,1-2H3,(H,26,27). The van der Waals surface area contributed by atoms with Gasteiger partial charge < -0.3 is 10.2 Å². The van der Waals surface area contributed by atoms with E-state index in [4.69, 9.17) is 28.2 Å². The molecule has 1 aliphatic rings. The quantitative estimate of drug-likeness (QED) is 0.641. The average Bonchev–Trinajstić information content (AvgIpc) is 2.75. The minimum Gasteiger partial charge on any atom is -0.353 e. The summed E-state index contributed by atoms with van der Waals surface area (Å²) in [5.74, 6) is 0.261. The van der Waals surface area contributed by atoms with Gasteiger partial charge in [-0.25, -0.2) is 9.55 Å². The number of nitrogens with zero attached hydrogens (tertiary/aromatic N) is 4. The van der Waals surface area contributed by atoms with Gasteiger partial charge in [0, 0.05) is 36.1 Å². The highest BCUT2D eigenvalue weighted by molar-refractivity contribution is 6.42. The fraction of sp³-hybridized carbons (Fsp3) is 0.273. The third-order valence-corrected chi connectivity index (χ3v) is 5.77. The predicted octanol–water partition coefficient (Wildman–Crippen LogP) is 3.95. The molecule has 0 saturated heterocycles. The molecule has 3 aromatic rings. The first-order valence-electron chi connectivity index (χ1n) is 9.91. The first kappa shape index (κ1) is 21.3. The van der Waals surface area contributed by atoms with E-state index in [-0.39, 0.29) is 24.1 Å². The Balaban J connectivity index is 1.72. The molecule has 2 aromatic heterocycles. The van der Waals surface area contributed by atoms with Crippen molar-refractivity contribution in [2.45, 2.75) is 32.9 Å². The SMILES string of the molecule is CC(C)Nc1nc2c(c(=O)n1-c1ccncc1)CCN(C(=O)c1ccc(Cl)c(Cl)c1)C2. The summed E-state index contributed by atoms with van der Waals surface area (Å²) >= 11 is 12.0. The molecule has 0 spiro atoms. The third-order valence-electron chi connectivity index (χ3n) is 5.03. The van der Waals surface area contributed by atoms with Crippen LogP contribution >= 0.6 is 23.2 Å². The lowest BCUT2D eigenvalue weighted by atomic mass is 10.0. The molecule has 0 fully saturated rings. The van der Waals surface area contributed by atoms with Gasteiger partial charge in [0.05, 0.1) is 28.0 Å². The summed E-state index contributed by atoms with van der Waals surface area (Å²) in [6.07, 6.45) is 3.69. The van der Waals surface area contributed by atoms with Crippen LogP contribution in [0.25, 0.3) is 5.69 Å². The number of hydrogen-bond donors (Lipinski definition) is 1. The molecule has 0 aliphatic carbocycles. The van der Waals surface area contributed by atoms with E-state index in [1.54, 1.807) is 52.2 Å². The number of anilines is 1. The number of aromatic nitrogens is 3. The van der Waals surface area contributed by atoms with Crippen LogP contribution in [0.1, 0.15) is 35.5 Å². The van der Waals surface area contributed by atoms with Crippen LogP contribution in [-0.2, 0) is 13.0 Å². The highest BCUT2D eigenvalue weighted by atomic mass is 35.5. The molecule has 0 bridgehead atoms. The molecule has 0 saturated carbocycles. The van der Waals surface area contributed by atoms with Crippen LogP contribution in [0.5, 0.6) is 0 Å². The van der Waals surface area contributed by atoms with Crippen molar-refractivity contribution in [2.24, 2.45) is 0 Å². The molecule has 1 amide bonds. The summed E-state index contributed by atoms with van der Waals surface area (Å²) in [5.41, 5.74) is 2.21. The zero-order valence-corrected chi connectivity index (χ0v) is 18.6. The Morgan fingerprint density at radius 1 is 1.13 bits per heavy atom. The number of carbonyl (C=O) groups excluding carboxylic acids is 1. The van der Waals surface area contributed by atoms with E-state index in [0.29, 0.717) is 51.5 Å². The van der Waals surface area contributed by atoms with Crippen molar-refractivity contribution in [3.05, 3.63) is 79.9 Å². The number of pyridine rings is 1. The van der Waals surface area contributed by atoms with Crippen LogP contribution < -0.4 is 10.9 Å². The molecule has 0 radical (unpaired) electrons. The highest BCUT2D eigenvalue weighted by Gasteiger charge is 2.27. The lowest BCUT2D eigenvalue weighted by Gasteiger charge is -2.29. The second-order valence-electron chi connectivity index (χ2n) is 7.61. The second kappa shape index (κ2) is 8.69.